The molecule has 0 aliphatic carbocycles. The lowest BCUT2D eigenvalue weighted by molar-refractivity contribution is 0.253. The topological polar surface area (TPSA) is 92.7 Å². The molecule has 3 rings (SSSR count). The normalized spacial score (nSPS) is 10.3. The van der Waals surface area contributed by atoms with E-state index in [1.807, 2.05) is 12.1 Å². The zero-order valence-corrected chi connectivity index (χ0v) is 10.9. The van der Waals surface area contributed by atoms with Crippen molar-refractivity contribution in [2.24, 2.45) is 0 Å². The molecule has 0 saturated carbocycles. The Morgan fingerprint density at radius 2 is 1.95 bits per heavy atom. The summed E-state index contributed by atoms with van der Waals surface area (Å²) in [5.74, 6) is 0. The van der Waals surface area contributed by atoms with Gasteiger partial charge >= 0.3 is 6.03 Å². The van der Waals surface area contributed by atoms with E-state index in [0.29, 0.717) is 0 Å². The highest BCUT2D eigenvalue weighted by Gasteiger charge is 2.09. The summed E-state index contributed by atoms with van der Waals surface area (Å²) in [6, 6.07) is 4.79. The average Bonchev–Trinajstić information content (AvgIpc) is 3.05. The molecule has 3 aromatic rings. The Balaban J connectivity index is 1.92. The van der Waals surface area contributed by atoms with Crippen LogP contribution in [0.25, 0.3) is 11.1 Å². The van der Waals surface area contributed by atoms with Crippen LogP contribution in [0, 0.1) is 0 Å². The van der Waals surface area contributed by atoms with Gasteiger partial charge in [0.15, 0.2) is 0 Å². The third-order valence-electron chi connectivity index (χ3n) is 2.90. The molecule has 7 nitrogen and oxygen atoms in total. The number of hydrogen-bond donors (Lipinski definition) is 2. The molecule has 0 atom stereocenters. The van der Waals surface area contributed by atoms with Crippen molar-refractivity contribution in [2.75, 3.05) is 5.32 Å². The summed E-state index contributed by atoms with van der Waals surface area (Å²) in [6.45, 7) is 0. The van der Waals surface area contributed by atoms with Crippen molar-refractivity contribution >= 4 is 11.7 Å². The predicted octanol–water partition coefficient (Wildman–Crippen LogP) is 1.71. The third-order valence-corrected chi connectivity index (χ3v) is 2.90. The van der Waals surface area contributed by atoms with E-state index in [1.54, 1.807) is 24.7 Å². The SMILES string of the molecule is O=C(Nc1cc(-c2ccncc2)c[nH]c1=O)n1ccnc1. The maximum atomic E-state index is 11.9. The number of nitrogens with zero attached hydrogens (tertiary/aromatic N) is 3. The Morgan fingerprint density at radius 1 is 1.14 bits per heavy atom. The van der Waals surface area contributed by atoms with Crippen LogP contribution in [0.2, 0.25) is 0 Å². The number of hydrogen-bond acceptors (Lipinski definition) is 4. The molecule has 0 unspecified atom stereocenters. The summed E-state index contributed by atoms with van der Waals surface area (Å²) in [6.07, 6.45) is 9.24. The van der Waals surface area contributed by atoms with Gasteiger partial charge in [-0.1, -0.05) is 0 Å². The van der Waals surface area contributed by atoms with Gasteiger partial charge in [-0.25, -0.2) is 9.78 Å². The van der Waals surface area contributed by atoms with E-state index in [1.165, 1.54) is 23.3 Å². The second-order valence-electron chi connectivity index (χ2n) is 4.27. The average molecular weight is 281 g/mol. The van der Waals surface area contributed by atoms with Gasteiger partial charge < -0.3 is 10.3 Å². The van der Waals surface area contributed by atoms with Crippen LogP contribution in [-0.2, 0) is 0 Å². The van der Waals surface area contributed by atoms with Crippen LogP contribution >= 0.6 is 0 Å². The molecule has 21 heavy (non-hydrogen) atoms. The fraction of sp³-hybridized carbons (Fsp3) is 0. The summed E-state index contributed by atoms with van der Waals surface area (Å²) >= 11 is 0. The summed E-state index contributed by atoms with van der Waals surface area (Å²) in [4.78, 5) is 34.0. The van der Waals surface area contributed by atoms with Crippen LogP contribution in [-0.4, -0.2) is 25.6 Å². The van der Waals surface area contributed by atoms with Crippen molar-refractivity contribution in [3.63, 3.8) is 0 Å². The minimum absolute atomic E-state index is 0.169. The molecule has 0 fully saturated rings. The minimum atomic E-state index is -0.454. The fourth-order valence-electron chi connectivity index (χ4n) is 1.85. The molecular weight excluding hydrogens is 270 g/mol. The first-order chi connectivity index (χ1) is 10.2. The molecule has 0 saturated heterocycles. The Hall–Kier alpha value is -3.22. The molecule has 0 radical (unpaired) electrons. The number of anilines is 1. The third kappa shape index (κ3) is 2.71. The largest absolute Gasteiger partial charge is 0.331 e. The quantitative estimate of drug-likeness (QED) is 0.748. The lowest BCUT2D eigenvalue weighted by atomic mass is 10.1. The predicted molar refractivity (Wildman–Crippen MR) is 76.9 cm³/mol. The highest BCUT2D eigenvalue weighted by Crippen LogP contribution is 2.18. The Bertz CT molecular complexity index is 809. The van der Waals surface area contributed by atoms with E-state index in [9.17, 15) is 9.59 Å². The number of H-pyrrole nitrogens is 1. The van der Waals surface area contributed by atoms with Gasteiger partial charge in [-0.3, -0.25) is 14.3 Å². The van der Waals surface area contributed by atoms with Crippen LogP contribution < -0.4 is 10.9 Å². The smallest absolute Gasteiger partial charge is 0.327 e. The lowest BCUT2D eigenvalue weighted by Crippen LogP contribution is -2.23. The number of aromatic nitrogens is 4. The molecule has 104 valence electrons. The van der Waals surface area contributed by atoms with Crippen LogP contribution in [0.15, 0.2) is 60.3 Å². The zero-order chi connectivity index (χ0) is 14.7. The number of amides is 1. The summed E-state index contributed by atoms with van der Waals surface area (Å²) in [7, 11) is 0. The number of aromatic amines is 1. The maximum absolute atomic E-state index is 11.9. The molecular formula is C14H11N5O2. The number of nitrogens with one attached hydrogen (secondary N) is 2. The van der Waals surface area contributed by atoms with Crippen LogP contribution in [0.1, 0.15) is 0 Å². The summed E-state index contributed by atoms with van der Waals surface area (Å²) in [5, 5.41) is 2.55. The van der Waals surface area contributed by atoms with E-state index in [-0.39, 0.29) is 11.2 Å². The molecule has 0 aliphatic heterocycles. The molecule has 0 bridgehead atoms. The molecule has 0 spiro atoms. The van der Waals surface area contributed by atoms with Crippen LogP contribution in [0.4, 0.5) is 10.5 Å². The van der Waals surface area contributed by atoms with Crippen LogP contribution in [0.5, 0.6) is 0 Å². The van der Waals surface area contributed by atoms with E-state index in [0.717, 1.165) is 11.1 Å². The first-order valence-electron chi connectivity index (χ1n) is 6.16. The Kier molecular flexibility index (Phi) is 3.30. The van der Waals surface area contributed by atoms with Crippen molar-refractivity contribution in [3.8, 4) is 11.1 Å². The number of imidazole rings is 1. The Morgan fingerprint density at radius 3 is 2.67 bits per heavy atom. The molecule has 3 heterocycles. The minimum Gasteiger partial charge on any atom is -0.327 e. The van der Waals surface area contributed by atoms with Gasteiger partial charge in [-0.2, -0.15) is 0 Å². The number of carbonyl (C=O) groups is 1. The van der Waals surface area contributed by atoms with Crippen molar-refractivity contribution in [1.82, 2.24) is 19.5 Å². The van der Waals surface area contributed by atoms with E-state index >= 15 is 0 Å². The Labute approximate surface area is 119 Å². The number of carbonyl (C=O) groups excluding carboxylic acids is 1. The second kappa shape index (κ2) is 5.41. The fourth-order valence-corrected chi connectivity index (χ4v) is 1.85. The highest BCUT2D eigenvalue weighted by atomic mass is 16.2. The van der Waals surface area contributed by atoms with Gasteiger partial charge in [0.1, 0.15) is 12.0 Å². The van der Waals surface area contributed by atoms with E-state index in [4.69, 9.17) is 0 Å². The molecule has 0 aromatic carbocycles. The number of pyridine rings is 2. The summed E-state index contributed by atoms with van der Waals surface area (Å²) < 4.78 is 1.25. The van der Waals surface area contributed by atoms with Gasteiger partial charge in [0.2, 0.25) is 0 Å². The summed E-state index contributed by atoms with van der Waals surface area (Å²) in [5.41, 5.74) is 1.46. The zero-order valence-electron chi connectivity index (χ0n) is 10.9. The maximum Gasteiger partial charge on any atom is 0.331 e. The van der Waals surface area contributed by atoms with Crippen molar-refractivity contribution in [1.29, 1.82) is 0 Å². The van der Waals surface area contributed by atoms with Crippen molar-refractivity contribution in [2.45, 2.75) is 0 Å². The number of rotatable bonds is 2. The van der Waals surface area contributed by atoms with Crippen molar-refractivity contribution < 1.29 is 4.79 Å². The second-order valence-corrected chi connectivity index (χ2v) is 4.27. The first-order valence-corrected chi connectivity index (χ1v) is 6.16. The van der Waals surface area contributed by atoms with Gasteiger partial charge in [0, 0.05) is 36.5 Å². The monoisotopic (exact) mass is 281 g/mol. The standard InChI is InChI=1S/C14H11N5O2/c20-13-12(18-14(21)19-6-5-16-9-19)7-11(8-17-13)10-1-3-15-4-2-10/h1-9H,(H,17,20)(H,18,21). The molecule has 1 amide bonds. The van der Waals surface area contributed by atoms with Crippen LogP contribution in [0.3, 0.4) is 0 Å². The first kappa shape index (κ1) is 12.8. The van der Waals surface area contributed by atoms with E-state index in [2.05, 4.69) is 20.3 Å². The van der Waals surface area contributed by atoms with Gasteiger partial charge in [-0.05, 0) is 23.8 Å². The van der Waals surface area contributed by atoms with Gasteiger partial charge in [-0.15, -0.1) is 0 Å². The molecule has 0 aliphatic rings. The lowest BCUT2D eigenvalue weighted by Gasteiger charge is -2.06. The molecule has 2 N–H and O–H groups in total. The van der Waals surface area contributed by atoms with Gasteiger partial charge in [0.05, 0.1) is 0 Å². The van der Waals surface area contributed by atoms with E-state index < -0.39 is 6.03 Å². The van der Waals surface area contributed by atoms with Crippen molar-refractivity contribution in [3.05, 3.63) is 65.9 Å². The highest BCUT2D eigenvalue weighted by molar-refractivity contribution is 5.91. The molecule has 7 heteroatoms. The van der Waals surface area contributed by atoms with Gasteiger partial charge in [0.25, 0.3) is 5.56 Å². The molecule has 3 aromatic heterocycles.